The van der Waals surface area contributed by atoms with Gasteiger partial charge in [0.25, 0.3) is 0 Å². The maximum atomic E-state index is 3.38. The highest BCUT2D eigenvalue weighted by molar-refractivity contribution is 4.72. The Bertz CT molecular complexity index is 155. The van der Waals surface area contributed by atoms with Crippen molar-refractivity contribution in [2.75, 3.05) is 6.54 Å². The molecule has 0 amide bonds. The molecule has 2 heteroatoms. The second-order valence-corrected chi connectivity index (χ2v) is 5.76. The summed E-state index contributed by atoms with van der Waals surface area (Å²) in [5.41, 5.74) is 6.94. The summed E-state index contributed by atoms with van der Waals surface area (Å²) in [6.45, 7) is 10.0. The second-order valence-electron chi connectivity index (χ2n) is 5.76. The lowest BCUT2D eigenvalue weighted by molar-refractivity contribution is 0.318. The normalized spacial score (nSPS) is 12.0. The first kappa shape index (κ1) is 16.9. The van der Waals surface area contributed by atoms with Crippen LogP contribution < -0.4 is 10.9 Å². The molecule has 0 saturated heterocycles. The molecule has 0 spiro atoms. The fraction of sp³-hybridized carbons (Fsp3) is 1.00. The molecule has 0 aromatic rings. The van der Waals surface area contributed by atoms with Crippen LogP contribution in [0.25, 0.3) is 0 Å². The van der Waals surface area contributed by atoms with Gasteiger partial charge in [0.1, 0.15) is 0 Å². The molecule has 104 valence electrons. The standard InChI is InChI=1S/C15H34N2/c1-5-7-8-9-10-11-12-13-14-16-17-15(3,4)6-2/h16-17H,5-14H2,1-4H3. The van der Waals surface area contributed by atoms with Crippen LogP contribution in [0.1, 0.15) is 85.5 Å². The predicted molar refractivity (Wildman–Crippen MR) is 78.1 cm³/mol. The SMILES string of the molecule is CCCCCCCCCCNNC(C)(C)CC. The van der Waals surface area contributed by atoms with Crippen LogP contribution in [0.3, 0.4) is 0 Å². The van der Waals surface area contributed by atoms with Crippen molar-refractivity contribution in [2.24, 2.45) is 0 Å². The number of hydrazine groups is 1. The lowest BCUT2D eigenvalue weighted by Crippen LogP contribution is -2.47. The Hall–Kier alpha value is -0.0800. The van der Waals surface area contributed by atoms with Gasteiger partial charge in [0.05, 0.1) is 0 Å². The Morgan fingerprint density at radius 1 is 0.765 bits per heavy atom. The van der Waals surface area contributed by atoms with Gasteiger partial charge in [-0.2, -0.15) is 0 Å². The number of unbranched alkanes of at least 4 members (excludes halogenated alkanes) is 7. The van der Waals surface area contributed by atoms with E-state index in [1.807, 2.05) is 0 Å². The molecule has 0 radical (unpaired) electrons. The maximum absolute atomic E-state index is 3.38. The maximum Gasteiger partial charge on any atom is 0.0264 e. The summed E-state index contributed by atoms with van der Waals surface area (Å²) in [4.78, 5) is 0. The molecule has 0 heterocycles. The van der Waals surface area contributed by atoms with E-state index < -0.39 is 0 Å². The van der Waals surface area contributed by atoms with Crippen molar-refractivity contribution in [2.45, 2.75) is 91.0 Å². The van der Waals surface area contributed by atoms with Crippen molar-refractivity contribution in [1.82, 2.24) is 10.9 Å². The van der Waals surface area contributed by atoms with Crippen molar-refractivity contribution in [3.05, 3.63) is 0 Å². The van der Waals surface area contributed by atoms with Crippen molar-refractivity contribution in [1.29, 1.82) is 0 Å². The largest absolute Gasteiger partial charge is 0.257 e. The van der Waals surface area contributed by atoms with E-state index >= 15 is 0 Å². The van der Waals surface area contributed by atoms with Gasteiger partial charge in [-0.1, -0.05) is 58.8 Å². The second kappa shape index (κ2) is 11.0. The van der Waals surface area contributed by atoms with Crippen molar-refractivity contribution < 1.29 is 0 Å². The minimum absolute atomic E-state index is 0.222. The zero-order valence-electron chi connectivity index (χ0n) is 12.6. The molecular weight excluding hydrogens is 208 g/mol. The number of nitrogens with one attached hydrogen (secondary N) is 2. The first-order valence-corrected chi connectivity index (χ1v) is 7.62. The molecule has 0 aliphatic carbocycles. The van der Waals surface area contributed by atoms with Gasteiger partial charge in [-0.15, -0.1) is 0 Å². The van der Waals surface area contributed by atoms with E-state index in [0.717, 1.165) is 13.0 Å². The number of hydrogen-bond acceptors (Lipinski definition) is 2. The quantitative estimate of drug-likeness (QED) is 0.391. The van der Waals surface area contributed by atoms with Crippen LogP contribution in [0.5, 0.6) is 0 Å². The van der Waals surface area contributed by atoms with E-state index in [0.29, 0.717) is 0 Å². The lowest BCUT2D eigenvalue weighted by Gasteiger charge is -2.24. The highest BCUT2D eigenvalue weighted by Crippen LogP contribution is 2.08. The Kier molecular flexibility index (Phi) is 11.0. The first-order chi connectivity index (χ1) is 8.12. The average Bonchev–Trinajstić information content (AvgIpc) is 2.31. The van der Waals surface area contributed by atoms with Crippen molar-refractivity contribution in [3.8, 4) is 0 Å². The third kappa shape index (κ3) is 12.2. The van der Waals surface area contributed by atoms with Crippen LogP contribution in [0.2, 0.25) is 0 Å². The zero-order chi connectivity index (χ0) is 13.0. The Morgan fingerprint density at radius 2 is 1.29 bits per heavy atom. The van der Waals surface area contributed by atoms with Crippen molar-refractivity contribution in [3.63, 3.8) is 0 Å². The van der Waals surface area contributed by atoms with Crippen LogP contribution in [0.4, 0.5) is 0 Å². The monoisotopic (exact) mass is 242 g/mol. The van der Waals surface area contributed by atoms with Crippen LogP contribution >= 0.6 is 0 Å². The van der Waals surface area contributed by atoms with E-state index in [1.54, 1.807) is 0 Å². The topological polar surface area (TPSA) is 24.1 Å². The van der Waals surface area contributed by atoms with Crippen LogP contribution in [-0.2, 0) is 0 Å². The third-order valence-corrected chi connectivity index (χ3v) is 3.47. The van der Waals surface area contributed by atoms with E-state index in [1.165, 1.54) is 51.4 Å². The summed E-state index contributed by atoms with van der Waals surface area (Å²) in [5, 5.41) is 0. The van der Waals surface area contributed by atoms with Gasteiger partial charge in [0, 0.05) is 12.1 Å². The molecule has 0 fully saturated rings. The van der Waals surface area contributed by atoms with Gasteiger partial charge in [-0.3, -0.25) is 10.9 Å². The molecule has 0 aromatic heterocycles. The van der Waals surface area contributed by atoms with Gasteiger partial charge in [0.2, 0.25) is 0 Å². The molecule has 2 N–H and O–H groups in total. The summed E-state index contributed by atoms with van der Waals surface area (Å²) >= 11 is 0. The Morgan fingerprint density at radius 3 is 1.82 bits per heavy atom. The predicted octanol–water partition coefficient (Wildman–Crippen LogP) is 4.41. The summed E-state index contributed by atoms with van der Waals surface area (Å²) in [6.07, 6.45) is 12.3. The number of rotatable bonds is 12. The van der Waals surface area contributed by atoms with Gasteiger partial charge in [0.15, 0.2) is 0 Å². The average molecular weight is 242 g/mol. The van der Waals surface area contributed by atoms with Crippen molar-refractivity contribution >= 4 is 0 Å². The fourth-order valence-corrected chi connectivity index (χ4v) is 1.74. The van der Waals surface area contributed by atoms with Crippen LogP contribution in [-0.4, -0.2) is 12.1 Å². The molecule has 0 aliphatic rings. The number of hydrogen-bond donors (Lipinski definition) is 2. The molecule has 0 atom stereocenters. The molecule has 0 rings (SSSR count). The summed E-state index contributed by atoms with van der Waals surface area (Å²) in [5.74, 6) is 0. The molecule has 0 aromatic carbocycles. The summed E-state index contributed by atoms with van der Waals surface area (Å²) in [6, 6.07) is 0. The smallest absolute Gasteiger partial charge is 0.0264 e. The van der Waals surface area contributed by atoms with Gasteiger partial charge < -0.3 is 0 Å². The highest BCUT2D eigenvalue weighted by Gasteiger charge is 2.12. The fourth-order valence-electron chi connectivity index (χ4n) is 1.74. The lowest BCUT2D eigenvalue weighted by atomic mass is 10.0. The Balaban J connectivity index is 3.09. The minimum Gasteiger partial charge on any atom is -0.257 e. The molecule has 0 saturated carbocycles. The van der Waals surface area contributed by atoms with Gasteiger partial charge >= 0.3 is 0 Å². The summed E-state index contributed by atoms with van der Waals surface area (Å²) < 4.78 is 0. The van der Waals surface area contributed by atoms with E-state index in [-0.39, 0.29) is 5.54 Å². The van der Waals surface area contributed by atoms with Crippen LogP contribution in [0, 0.1) is 0 Å². The third-order valence-electron chi connectivity index (χ3n) is 3.47. The van der Waals surface area contributed by atoms with E-state index in [4.69, 9.17) is 0 Å². The molecule has 0 unspecified atom stereocenters. The molecule has 0 bridgehead atoms. The molecule has 2 nitrogen and oxygen atoms in total. The van der Waals surface area contributed by atoms with E-state index in [9.17, 15) is 0 Å². The summed E-state index contributed by atoms with van der Waals surface area (Å²) in [7, 11) is 0. The van der Waals surface area contributed by atoms with Crippen LogP contribution in [0.15, 0.2) is 0 Å². The molecule has 17 heavy (non-hydrogen) atoms. The van der Waals surface area contributed by atoms with Gasteiger partial charge in [-0.05, 0) is 26.7 Å². The molecular formula is C15H34N2. The highest BCUT2D eigenvalue weighted by atomic mass is 15.4. The Labute approximate surface area is 109 Å². The van der Waals surface area contributed by atoms with Gasteiger partial charge in [-0.25, -0.2) is 0 Å². The first-order valence-electron chi connectivity index (χ1n) is 7.62. The van der Waals surface area contributed by atoms with E-state index in [2.05, 4.69) is 38.5 Å². The zero-order valence-corrected chi connectivity index (χ0v) is 12.6. The minimum atomic E-state index is 0.222. The molecule has 0 aliphatic heterocycles.